The van der Waals surface area contributed by atoms with Crippen molar-refractivity contribution in [1.29, 1.82) is 0 Å². The SMILES string of the molecule is C=C(N=CC)C1(F)CCCNC1. The molecule has 1 unspecified atom stereocenters. The summed E-state index contributed by atoms with van der Waals surface area (Å²) < 4.78 is 13.9. The average Bonchev–Trinajstić information content (AvgIpc) is 2.06. The van der Waals surface area contributed by atoms with Crippen molar-refractivity contribution in [2.45, 2.75) is 25.4 Å². The van der Waals surface area contributed by atoms with Crippen LogP contribution in [0.15, 0.2) is 17.3 Å². The van der Waals surface area contributed by atoms with Gasteiger partial charge in [-0.3, -0.25) is 4.99 Å². The van der Waals surface area contributed by atoms with Gasteiger partial charge in [0, 0.05) is 12.8 Å². The normalized spacial score (nSPS) is 30.8. The van der Waals surface area contributed by atoms with E-state index in [-0.39, 0.29) is 0 Å². The highest BCUT2D eigenvalue weighted by molar-refractivity contribution is 5.55. The number of hydrogen-bond acceptors (Lipinski definition) is 2. The minimum Gasteiger partial charge on any atom is -0.313 e. The Hall–Kier alpha value is -0.700. The van der Waals surface area contributed by atoms with Crippen molar-refractivity contribution in [3.63, 3.8) is 0 Å². The summed E-state index contributed by atoms with van der Waals surface area (Å²) >= 11 is 0. The van der Waals surface area contributed by atoms with Gasteiger partial charge in [-0.05, 0) is 26.3 Å². The Bertz CT molecular complexity index is 193. The largest absolute Gasteiger partial charge is 0.313 e. The highest BCUT2D eigenvalue weighted by Crippen LogP contribution is 2.28. The second kappa shape index (κ2) is 3.81. The third-order valence-electron chi connectivity index (χ3n) is 2.13. The summed E-state index contributed by atoms with van der Waals surface area (Å²) in [6.07, 6.45) is 2.98. The van der Waals surface area contributed by atoms with E-state index in [1.807, 2.05) is 0 Å². The number of nitrogens with zero attached hydrogens (tertiary/aromatic N) is 1. The number of hydrogen-bond donors (Lipinski definition) is 1. The Kier molecular flexibility index (Phi) is 2.98. The van der Waals surface area contributed by atoms with Gasteiger partial charge in [0.1, 0.15) is 0 Å². The predicted molar refractivity (Wildman–Crippen MR) is 49.2 cm³/mol. The summed E-state index contributed by atoms with van der Waals surface area (Å²) in [7, 11) is 0. The van der Waals surface area contributed by atoms with E-state index >= 15 is 0 Å². The van der Waals surface area contributed by atoms with Crippen molar-refractivity contribution < 1.29 is 4.39 Å². The molecule has 1 rings (SSSR count). The molecule has 0 bridgehead atoms. The van der Waals surface area contributed by atoms with Crippen LogP contribution in [0.5, 0.6) is 0 Å². The molecule has 1 fully saturated rings. The van der Waals surface area contributed by atoms with Crippen LogP contribution in [0, 0.1) is 0 Å². The lowest BCUT2D eigenvalue weighted by Crippen LogP contribution is -2.43. The Labute approximate surface area is 72.6 Å². The van der Waals surface area contributed by atoms with Gasteiger partial charge in [-0.25, -0.2) is 4.39 Å². The van der Waals surface area contributed by atoms with Gasteiger partial charge >= 0.3 is 0 Å². The summed E-state index contributed by atoms with van der Waals surface area (Å²) in [6, 6.07) is 0. The molecule has 0 amide bonds. The molecular weight excluding hydrogens is 155 g/mol. The van der Waals surface area contributed by atoms with Crippen molar-refractivity contribution in [2.75, 3.05) is 13.1 Å². The summed E-state index contributed by atoms with van der Waals surface area (Å²) in [4.78, 5) is 3.89. The summed E-state index contributed by atoms with van der Waals surface area (Å²) in [5.74, 6) is 0. The monoisotopic (exact) mass is 170 g/mol. The molecule has 1 saturated heterocycles. The van der Waals surface area contributed by atoms with Crippen LogP contribution in [0.2, 0.25) is 0 Å². The highest BCUT2D eigenvalue weighted by atomic mass is 19.1. The number of alkyl halides is 1. The molecule has 1 aliphatic heterocycles. The maximum atomic E-state index is 13.9. The third-order valence-corrected chi connectivity index (χ3v) is 2.13. The first kappa shape index (κ1) is 9.39. The zero-order valence-electron chi connectivity index (χ0n) is 7.44. The number of rotatable bonds is 2. The molecule has 12 heavy (non-hydrogen) atoms. The molecule has 1 N–H and O–H groups in total. The van der Waals surface area contributed by atoms with Gasteiger partial charge < -0.3 is 5.32 Å². The van der Waals surface area contributed by atoms with Crippen LogP contribution in [0.25, 0.3) is 0 Å². The average molecular weight is 170 g/mol. The smallest absolute Gasteiger partial charge is 0.164 e. The lowest BCUT2D eigenvalue weighted by atomic mass is 9.93. The number of nitrogens with one attached hydrogen (secondary N) is 1. The summed E-state index contributed by atoms with van der Waals surface area (Å²) in [5, 5.41) is 3.00. The van der Waals surface area contributed by atoms with Crippen LogP contribution in [-0.4, -0.2) is 25.0 Å². The maximum Gasteiger partial charge on any atom is 0.164 e. The van der Waals surface area contributed by atoms with Gasteiger partial charge in [-0.2, -0.15) is 0 Å². The fourth-order valence-corrected chi connectivity index (χ4v) is 1.39. The highest BCUT2D eigenvalue weighted by Gasteiger charge is 2.34. The molecule has 2 nitrogen and oxygen atoms in total. The van der Waals surface area contributed by atoms with E-state index in [4.69, 9.17) is 0 Å². The summed E-state index contributed by atoms with van der Waals surface area (Å²) in [5.41, 5.74) is -0.970. The fraction of sp³-hybridized carbons (Fsp3) is 0.667. The minimum atomic E-state index is -1.31. The topological polar surface area (TPSA) is 24.4 Å². The Morgan fingerprint density at radius 3 is 3.00 bits per heavy atom. The van der Waals surface area contributed by atoms with E-state index in [1.165, 1.54) is 0 Å². The van der Waals surface area contributed by atoms with Crippen LogP contribution < -0.4 is 5.32 Å². The first-order chi connectivity index (χ1) is 5.69. The number of piperidine rings is 1. The molecule has 0 saturated carbocycles. The van der Waals surface area contributed by atoms with Crippen molar-refractivity contribution in [2.24, 2.45) is 4.99 Å². The molecule has 0 aliphatic carbocycles. The van der Waals surface area contributed by atoms with Gasteiger partial charge in [0.25, 0.3) is 0 Å². The molecule has 0 radical (unpaired) electrons. The summed E-state index contributed by atoms with van der Waals surface area (Å²) in [6.45, 7) is 6.64. The fourth-order valence-electron chi connectivity index (χ4n) is 1.39. The predicted octanol–water partition coefficient (Wildman–Crippen LogP) is 1.68. The quantitative estimate of drug-likeness (QED) is 0.626. The first-order valence-electron chi connectivity index (χ1n) is 4.27. The van der Waals surface area contributed by atoms with Crippen molar-refractivity contribution >= 4 is 6.21 Å². The molecule has 0 aromatic heterocycles. The van der Waals surface area contributed by atoms with E-state index in [0.717, 1.165) is 13.0 Å². The van der Waals surface area contributed by atoms with Gasteiger partial charge in [0.2, 0.25) is 0 Å². The van der Waals surface area contributed by atoms with Crippen LogP contribution >= 0.6 is 0 Å². The van der Waals surface area contributed by atoms with Crippen molar-refractivity contribution in [3.8, 4) is 0 Å². The molecule has 0 aromatic carbocycles. The van der Waals surface area contributed by atoms with Gasteiger partial charge in [0.15, 0.2) is 5.67 Å². The zero-order chi connectivity index (χ0) is 9.03. The minimum absolute atomic E-state index is 0.345. The molecule has 0 aromatic rings. The van der Waals surface area contributed by atoms with Gasteiger partial charge in [-0.1, -0.05) is 6.58 Å². The number of halogens is 1. The zero-order valence-corrected chi connectivity index (χ0v) is 7.44. The van der Waals surface area contributed by atoms with E-state index in [1.54, 1.807) is 13.1 Å². The van der Waals surface area contributed by atoms with Crippen LogP contribution in [0.1, 0.15) is 19.8 Å². The molecule has 3 heteroatoms. The van der Waals surface area contributed by atoms with E-state index in [2.05, 4.69) is 16.9 Å². The second-order valence-electron chi connectivity index (χ2n) is 3.08. The third kappa shape index (κ3) is 1.91. The van der Waals surface area contributed by atoms with Crippen LogP contribution in [0.4, 0.5) is 4.39 Å². The van der Waals surface area contributed by atoms with E-state index in [9.17, 15) is 4.39 Å². The Morgan fingerprint density at radius 1 is 1.75 bits per heavy atom. The molecule has 1 heterocycles. The second-order valence-corrected chi connectivity index (χ2v) is 3.08. The molecule has 1 aliphatic rings. The Morgan fingerprint density at radius 2 is 2.50 bits per heavy atom. The lowest BCUT2D eigenvalue weighted by Gasteiger charge is -2.29. The molecule has 1 atom stereocenters. The van der Waals surface area contributed by atoms with Crippen molar-refractivity contribution in [1.82, 2.24) is 5.32 Å². The van der Waals surface area contributed by atoms with E-state index < -0.39 is 5.67 Å². The van der Waals surface area contributed by atoms with Gasteiger partial charge in [-0.15, -0.1) is 0 Å². The standard InChI is InChI=1S/C9H15FN2/c1-3-12-8(2)9(10)5-4-6-11-7-9/h3,11H,2,4-7H2,1H3. The lowest BCUT2D eigenvalue weighted by molar-refractivity contribution is 0.163. The Balaban J connectivity index is 2.62. The van der Waals surface area contributed by atoms with Crippen molar-refractivity contribution in [3.05, 3.63) is 12.3 Å². The molecule has 68 valence electrons. The van der Waals surface area contributed by atoms with Crippen LogP contribution in [0.3, 0.4) is 0 Å². The molecular formula is C9H15FN2. The first-order valence-corrected chi connectivity index (χ1v) is 4.27. The maximum absolute atomic E-state index is 13.9. The number of aliphatic imine (C=N–C) groups is 1. The van der Waals surface area contributed by atoms with Gasteiger partial charge in [0.05, 0.1) is 5.70 Å². The molecule has 0 spiro atoms. The van der Waals surface area contributed by atoms with Crippen LogP contribution in [-0.2, 0) is 0 Å². The van der Waals surface area contributed by atoms with E-state index in [0.29, 0.717) is 18.7 Å².